The number of amides is 1. The average Bonchev–Trinajstić information content (AvgIpc) is 3.19. The zero-order valence-electron chi connectivity index (χ0n) is 10.4. The van der Waals surface area contributed by atoms with Gasteiger partial charge in [0.15, 0.2) is 0 Å². The Morgan fingerprint density at radius 3 is 2.47 bits per heavy atom. The fourth-order valence-electron chi connectivity index (χ4n) is 1.97. The Labute approximate surface area is 120 Å². The molecule has 0 radical (unpaired) electrons. The Hall–Kier alpha value is -1.36. The van der Waals surface area contributed by atoms with E-state index in [1.54, 1.807) is 0 Å². The van der Waals surface area contributed by atoms with Gasteiger partial charge >= 0.3 is 5.97 Å². The number of hydrogen-bond acceptors (Lipinski definition) is 2. The molecule has 0 bridgehead atoms. The molecule has 0 aromatic heterocycles. The zero-order valence-corrected chi connectivity index (χ0v) is 12.0. The van der Waals surface area contributed by atoms with Crippen LogP contribution in [-0.2, 0) is 16.0 Å². The Morgan fingerprint density at radius 1 is 1.32 bits per heavy atom. The Bertz CT molecular complexity index is 468. The molecule has 1 amide bonds. The van der Waals surface area contributed by atoms with E-state index in [4.69, 9.17) is 5.11 Å². The quantitative estimate of drug-likeness (QED) is 0.843. The third-order valence-electron chi connectivity index (χ3n) is 3.23. The fraction of sp³-hybridized carbons (Fsp3) is 0.429. The molecule has 4 nitrogen and oxygen atoms in total. The van der Waals surface area contributed by atoms with Crippen LogP contribution in [-0.4, -0.2) is 23.0 Å². The van der Waals surface area contributed by atoms with Crippen LogP contribution in [0, 0.1) is 5.92 Å². The minimum absolute atomic E-state index is 0.120. The second-order valence-corrected chi connectivity index (χ2v) is 5.76. The van der Waals surface area contributed by atoms with Gasteiger partial charge in [0.05, 0.1) is 0 Å². The van der Waals surface area contributed by atoms with Gasteiger partial charge in [0.25, 0.3) is 0 Å². The minimum Gasteiger partial charge on any atom is -0.480 e. The SMILES string of the molecule is O=C(CCc1ccc(Br)cc1)NC(C(=O)O)C1CC1. The van der Waals surface area contributed by atoms with Crippen LogP contribution in [0.5, 0.6) is 0 Å². The number of carbonyl (C=O) groups excluding carboxylic acids is 1. The van der Waals surface area contributed by atoms with Gasteiger partial charge in [0.2, 0.25) is 5.91 Å². The largest absolute Gasteiger partial charge is 0.480 e. The van der Waals surface area contributed by atoms with Crippen molar-refractivity contribution in [2.45, 2.75) is 31.7 Å². The van der Waals surface area contributed by atoms with Crippen LogP contribution in [0.1, 0.15) is 24.8 Å². The van der Waals surface area contributed by atoms with Crippen LogP contribution < -0.4 is 5.32 Å². The standard InChI is InChI=1S/C14H16BrNO3/c15-11-6-1-9(2-7-11)3-8-12(17)16-13(14(18)19)10-4-5-10/h1-2,6-7,10,13H,3-5,8H2,(H,16,17)(H,18,19). The molecule has 1 atom stereocenters. The molecular formula is C14H16BrNO3. The maximum atomic E-state index is 11.7. The normalized spacial score (nSPS) is 15.8. The molecule has 102 valence electrons. The zero-order chi connectivity index (χ0) is 13.8. The molecule has 5 heteroatoms. The summed E-state index contributed by atoms with van der Waals surface area (Å²) in [6.45, 7) is 0. The molecule has 2 N–H and O–H groups in total. The molecule has 1 aliphatic rings. The van der Waals surface area contributed by atoms with Gasteiger partial charge in [-0.1, -0.05) is 28.1 Å². The highest BCUT2D eigenvalue weighted by molar-refractivity contribution is 9.10. The molecule has 1 saturated carbocycles. The first-order valence-electron chi connectivity index (χ1n) is 6.33. The molecule has 1 aliphatic carbocycles. The molecule has 0 saturated heterocycles. The summed E-state index contributed by atoms with van der Waals surface area (Å²) in [6, 6.07) is 7.05. The van der Waals surface area contributed by atoms with Gasteiger partial charge in [0, 0.05) is 10.9 Å². The molecule has 0 heterocycles. The molecule has 1 aromatic rings. The number of rotatable bonds is 6. The number of carboxylic acids is 1. The predicted molar refractivity (Wildman–Crippen MR) is 74.8 cm³/mol. The number of hydrogen-bond donors (Lipinski definition) is 2. The maximum absolute atomic E-state index is 11.7. The first-order valence-corrected chi connectivity index (χ1v) is 7.12. The predicted octanol–water partition coefficient (Wildman–Crippen LogP) is 2.36. The number of carboxylic acid groups (broad SMARTS) is 1. The number of carbonyl (C=O) groups is 2. The monoisotopic (exact) mass is 325 g/mol. The van der Waals surface area contributed by atoms with Crippen molar-refractivity contribution in [1.82, 2.24) is 5.32 Å². The minimum atomic E-state index is -0.931. The fourth-order valence-corrected chi connectivity index (χ4v) is 2.23. The Balaban J connectivity index is 1.80. The lowest BCUT2D eigenvalue weighted by Gasteiger charge is -2.13. The first kappa shape index (κ1) is 14.1. The third kappa shape index (κ3) is 4.35. The van der Waals surface area contributed by atoms with Crippen molar-refractivity contribution in [3.05, 3.63) is 34.3 Å². The van der Waals surface area contributed by atoms with Crippen molar-refractivity contribution < 1.29 is 14.7 Å². The number of nitrogens with one attached hydrogen (secondary N) is 1. The van der Waals surface area contributed by atoms with E-state index in [0.29, 0.717) is 12.8 Å². The number of aliphatic carboxylic acids is 1. The second kappa shape index (κ2) is 6.19. The lowest BCUT2D eigenvalue weighted by Crippen LogP contribution is -2.42. The summed E-state index contributed by atoms with van der Waals surface area (Å²) in [5, 5.41) is 11.6. The molecular weight excluding hydrogens is 310 g/mol. The van der Waals surface area contributed by atoms with Gasteiger partial charge in [-0.25, -0.2) is 4.79 Å². The average molecular weight is 326 g/mol. The summed E-state index contributed by atoms with van der Waals surface area (Å²) < 4.78 is 1.00. The lowest BCUT2D eigenvalue weighted by atomic mass is 10.1. The van der Waals surface area contributed by atoms with Crippen molar-refractivity contribution in [2.75, 3.05) is 0 Å². The highest BCUT2D eigenvalue weighted by atomic mass is 79.9. The highest BCUT2D eigenvalue weighted by Gasteiger charge is 2.37. The Kier molecular flexibility index (Phi) is 4.58. The van der Waals surface area contributed by atoms with E-state index in [1.807, 2.05) is 24.3 Å². The molecule has 0 spiro atoms. The summed E-state index contributed by atoms with van der Waals surface area (Å²) in [7, 11) is 0. The molecule has 1 aromatic carbocycles. The second-order valence-electron chi connectivity index (χ2n) is 4.85. The van der Waals surface area contributed by atoms with Crippen LogP contribution in [0.3, 0.4) is 0 Å². The smallest absolute Gasteiger partial charge is 0.326 e. The van der Waals surface area contributed by atoms with E-state index in [0.717, 1.165) is 22.9 Å². The van der Waals surface area contributed by atoms with Crippen molar-refractivity contribution in [3.8, 4) is 0 Å². The van der Waals surface area contributed by atoms with Crippen LogP contribution in [0.4, 0.5) is 0 Å². The van der Waals surface area contributed by atoms with Gasteiger partial charge in [0.1, 0.15) is 6.04 Å². The van der Waals surface area contributed by atoms with Crippen molar-refractivity contribution in [2.24, 2.45) is 5.92 Å². The summed E-state index contributed by atoms with van der Waals surface area (Å²) in [5.41, 5.74) is 1.07. The summed E-state index contributed by atoms with van der Waals surface area (Å²) in [5.74, 6) is -1.00. The third-order valence-corrected chi connectivity index (χ3v) is 3.76. The van der Waals surface area contributed by atoms with E-state index >= 15 is 0 Å². The topological polar surface area (TPSA) is 66.4 Å². The van der Waals surface area contributed by atoms with Crippen LogP contribution in [0.25, 0.3) is 0 Å². The van der Waals surface area contributed by atoms with Gasteiger partial charge < -0.3 is 10.4 Å². The van der Waals surface area contributed by atoms with Crippen LogP contribution >= 0.6 is 15.9 Å². The van der Waals surface area contributed by atoms with E-state index in [9.17, 15) is 9.59 Å². The van der Waals surface area contributed by atoms with Gasteiger partial charge in [-0.05, 0) is 42.9 Å². The van der Waals surface area contributed by atoms with Gasteiger partial charge in [-0.3, -0.25) is 4.79 Å². The molecule has 1 unspecified atom stereocenters. The molecule has 1 fully saturated rings. The van der Waals surface area contributed by atoms with Crippen LogP contribution in [0.2, 0.25) is 0 Å². The number of halogens is 1. The summed E-state index contributed by atoms with van der Waals surface area (Å²) in [4.78, 5) is 22.8. The van der Waals surface area contributed by atoms with E-state index < -0.39 is 12.0 Å². The van der Waals surface area contributed by atoms with Crippen LogP contribution in [0.15, 0.2) is 28.7 Å². The lowest BCUT2D eigenvalue weighted by molar-refractivity contribution is -0.142. The molecule has 19 heavy (non-hydrogen) atoms. The summed E-state index contributed by atoms with van der Waals surface area (Å²) >= 11 is 3.35. The van der Waals surface area contributed by atoms with Gasteiger partial charge in [-0.2, -0.15) is 0 Å². The number of aryl methyl sites for hydroxylation is 1. The van der Waals surface area contributed by atoms with Crippen molar-refractivity contribution in [1.29, 1.82) is 0 Å². The van der Waals surface area contributed by atoms with Crippen molar-refractivity contribution in [3.63, 3.8) is 0 Å². The molecule has 0 aliphatic heterocycles. The maximum Gasteiger partial charge on any atom is 0.326 e. The summed E-state index contributed by atoms with van der Waals surface area (Å²) in [6.07, 6.45) is 2.72. The Morgan fingerprint density at radius 2 is 1.95 bits per heavy atom. The van der Waals surface area contributed by atoms with Crippen molar-refractivity contribution >= 4 is 27.8 Å². The van der Waals surface area contributed by atoms with E-state index in [1.165, 1.54) is 0 Å². The van der Waals surface area contributed by atoms with E-state index in [2.05, 4.69) is 21.2 Å². The number of benzene rings is 1. The van der Waals surface area contributed by atoms with E-state index in [-0.39, 0.29) is 11.8 Å². The highest BCUT2D eigenvalue weighted by Crippen LogP contribution is 2.32. The van der Waals surface area contributed by atoms with Gasteiger partial charge in [-0.15, -0.1) is 0 Å². The first-order chi connectivity index (χ1) is 9.06. The molecule has 2 rings (SSSR count).